The van der Waals surface area contributed by atoms with Crippen molar-refractivity contribution < 1.29 is 31.5 Å². The van der Waals surface area contributed by atoms with E-state index < -0.39 is 47.8 Å². The van der Waals surface area contributed by atoms with E-state index in [-0.39, 0.29) is 6.54 Å². The van der Waals surface area contributed by atoms with E-state index in [9.17, 15) is 26.7 Å². The summed E-state index contributed by atoms with van der Waals surface area (Å²) in [4.78, 5) is 12.9. The Labute approximate surface area is 122 Å². The third-order valence-electron chi connectivity index (χ3n) is 3.26. The van der Waals surface area contributed by atoms with Crippen LogP contribution in [0.25, 0.3) is 0 Å². The van der Waals surface area contributed by atoms with Crippen LogP contribution in [0.5, 0.6) is 0 Å². The number of carbonyl (C=O) groups excluding carboxylic acids is 1. The number of halogens is 5. The Bertz CT molecular complexity index is 559. The second-order valence-electron chi connectivity index (χ2n) is 4.85. The summed E-state index contributed by atoms with van der Waals surface area (Å²) in [6.45, 7) is 1.26. The maximum Gasteiger partial charge on any atom is 0.412 e. The summed E-state index contributed by atoms with van der Waals surface area (Å²) in [7, 11) is 0. The molecule has 0 radical (unpaired) electrons. The molecule has 4 nitrogen and oxygen atoms in total. The average Bonchev–Trinajstić information content (AvgIpc) is 2.68. The van der Waals surface area contributed by atoms with Gasteiger partial charge in [-0.15, -0.1) is 0 Å². The molecule has 9 heteroatoms. The summed E-state index contributed by atoms with van der Waals surface area (Å²) in [6.07, 6.45) is -3.16. The Balaban J connectivity index is 2.05. The lowest BCUT2D eigenvalue weighted by Gasteiger charge is -2.18. The first-order valence-corrected chi connectivity index (χ1v) is 6.45. The van der Waals surface area contributed by atoms with Gasteiger partial charge in [-0.2, -0.15) is 0 Å². The van der Waals surface area contributed by atoms with E-state index in [1.807, 2.05) is 0 Å². The van der Waals surface area contributed by atoms with Crippen molar-refractivity contribution in [2.24, 2.45) is 0 Å². The van der Waals surface area contributed by atoms with Crippen molar-refractivity contribution in [3.05, 3.63) is 29.6 Å². The molecule has 1 aromatic carbocycles. The van der Waals surface area contributed by atoms with Gasteiger partial charge in [0, 0.05) is 18.7 Å². The smallest absolute Gasteiger partial charge is 0.412 e. The number of anilines is 1. The molecule has 0 bridgehead atoms. The molecule has 1 heterocycles. The van der Waals surface area contributed by atoms with Crippen LogP contribution in [0, 0.1) is 17.5 Å². The summed E-state index contributed by atoms with van der Waals surface area (Å²) >= 11 is 0. The Morgan fingerprint density at radius 3 is 2.45 bits per heavy atom. The zero-order chi connectivity index (χ0) is 16.5. The molecule has 122 valence electrons. The number of nitrogens with zero attached hydrogens (tertiary/aromatic N) is 1. The average molecular weight is 324 g/mol. The highest BCUT2D eigenvalue weighted by Gasteiger charge is 2.50. The van der Waals surface area contributed by atoms with Gasteiger partial charge in [-0.05, 0) is 6.54 Å². The van der Waals surface area contributed by atoms with Crippen LogP contribution in [0.2, 0.25) is 0 Å². The number of hydrogen-bond acceptors (Lipinski definition) is 3. The summed E-state index contributed by atoms with van der Waals surface area (Å²) in [5.74, 6) is -7.17. The fourth-order valence-corrected chi connectivity index (χ4v) is 2.12. The molecule has 1 saturated heterocycles. The van der Waals surface area contributed by atoms with Gasteiger partial charge in [0.1, 0.15) is 11.5 Å². The highest BCUT2D eigenvalue weighted by molar-refractivity contribution is 5.85. The first kappa shape index (κ1) is 16.5. The van der Waals surface area contributed by atoms with Crippen molar-refractivity contribution in [1.29, 1.82) is 0 Å². The van der Waals surface area contributed by atoms with Crippen molar-refractivity contribution in [2.45, 2.75) is 19.0 Å². The molecule has 1 aromatic rings. The molecule has 22 heavy (non-hydrogen) atoms. The number of rotatable bonds is 3. The van der Waals surface area contributed by atoms with E-state index in [0.29, 0.717) is 18.7 Å². The maximum atomic E-state index is 13.6. The van der Waals surface area contributed by atoms with E-state index >= 15 is 0 Å². The maximum absolute atomic E-state index is 13.6. The molecule has 1 N–H and O–H groups in total. The predicted octanol–water partition coefficient (Wildman–Crippen LogP) is 2.99. The number of hydrogen-bond donors (Lipinski definition) is 1. The first-order valence-electron chi connectivity index (χ1n) is 6.45. The molecule has 1 aliphatic rings. The van der Waals surface area contributed by atoms with Gasteiger partial charge in [0.05, 0.1) is 6.54 Å². The van der Waals surface area contributed by atoms with Crippen LogP contribution in [0.3, 0.4) is 0 Å². The third-order valence-corrected chi connectivity index (χ3v) is 3.26. The molecule has 1 aliphatic heterocycles. The minimum atomic E-state index is -3.26. The number of carbonyl (C=O) groups is 1. The minimum absolute atomic E-state index is 0.189. The number of likely N-dealkylation sites (N-methyl/N-ethyl adjacent to an activating group) is 1. The molecule has 0 aromatic heterocycles. The summed E-state index contributed by atoms with van der Waals surface area (Å²) < 4.78 is 71.2. The largest absolute Gasteiger partial charge is 0.438 e. The summed E-state index contributed by atoms with van der Waals surface area (Å²) in [5, 5.41) is 1.67. The van der Waals surface area contributed by atoms with Crippen molar-refractivity contribution in [1.82, 2.24) is 4.90 Å². The standard InChI is InChI=1S/C13H13F5N2O2/c1-2-20-5-10(13(17,18)6-20)22-12(21)19-11-8(15)3-7(14)4-9(11)16/h3-4,10H,2,5-6H2,1H3,(H,19,21)/t10-/m0/s1. The fraction of sp³-hybridized carbons (Fsp3) is 0.462. The number of ether oxygens (including phenoxy) is 1. The lowest BCUT2D eigenvalue weighted by atomic mass is 10.2. The van der Waals surface area contributed by atoms with Crippen LogP contribution in [0.1, 0.15) is 6.92 Å². The molecular formula is C13H13F5N2O2. The van der Waals surface area contributed by atoms with Gasteiger partial charge in [-0.25, -0.2) is 26.7 Å². The molecule has 1 amide bonds. The zero-order valence-electron chi connectivity index (χ0n) is 11.5. The number of amides is 1. The molecule has 1 atom stereocenters. The number of likely N-dealkylation sites (tertiary alicyclic amines) is 1. The molecule has 0 aliphatic carbocycles. The highest BCUT2D eigenvalue weighted by atomic mass is 19.3. The zero-order valence-corrected chi connectivity index (χ0v) is 11.5. The van der Waals surface area contributed by atoms with Gasteiger partial charge in [-0.1, -0.05) is 6.92 Å². The second-order valence-corrected chi connectivity index (χ2v) is 4.85. The normalized spacial score (nSPS) is 20.9. The number of nitrogens with one attached hydrogen (secondary N) is 1. The lowest BCUT2D eigenvalue weighted by molar-refractivity contribution is -0.0751. The third kappa shape index (κ3) is 3.46. The van der Waals surface area contributed by atoms with Gasteiger partial charge in [0.25, 0.3) is 5.92 Å². The van der Waals surface area contributed by atoms with Crippen molar-refractivity contribution in [3.63, 3.8) is 0 Å². The predicted molar refractivity (Wildman–Crippen MR) is 67.3 cm³/mol. The van der Waals surface area contributed by atoms with Crippen LogP contribution < -0.4 is 5.32 Å². The van der Waals surface area contributed by atoms with Crippen LogP contribution in [0.15, 0.2) is 12.1 Å². The van der Waals surface area contributed by atoms with E-state index in [1.165, 1.54) is 4.90 Å². The Hall–Kier alpha value is -1.90. The molecule has 0 unspecified atom stereocenters. The van der Waals surface area contributed by atoms with Crippen LogP contribution >= 0.6 is 0 Å². The fourth-order valence-electron chi connectivity index (χ4n) is 2.12. The second kappa shape index (κ2) is 6.07. The molecule has 2 rings (SSSR count). The number of alkyl halides is 2. The summed E-state index contributed by atoms with van der Waals surface area (Å²) in [6, 6.07) is 0.698. The Morgan fingerprint density at radius 2 is 1.95 bits per heavy atom. The van der Waals surface area contributed by atoms with Gasteiger partial charge in [0.2, 0.25) is 0 Å². The van der Waals surface area contributed by atoms with Crippen LogP contribution in [-0.2, 0) is 4.74 Å². The molecule has 0 saturated carbocycles. The Kier molecular flexibility index (Phi) is 4.55. The van der Waals surface area contributed by atoms with E-state index in [1.54, 1.807) is 12.2 Å². The Morgan fingerprint density at radius 1 is 1.36 bits per heavy atom. The van der Waals surface area contributed by atoms with E-state index in [0.717, 1.165) is 0 Å². The molecular weight excluding hydrogens is 311 g/mol. The monoisotopic (exact) mass is 324 g/mol. The van der Waals surface area contributed by atoms with Gasteiger partial charge < -0.3 is 4.74 Å². The minimum Gasteiger partial charge on any atom is -0.438 e. The van der Waals surface area contributed by atoms with Crippen molar-refractivity contribution in [3.8, 4) is 0 Å². The van der Waals surface area contributed by atoms with Crippen molar-refractivity contribution in [2.75, 3.05) is 25.0 Å². The summed E-state index contributed by atoms with van der Waals surface area (Å²) in [5.41, 5.74) is -0.958. The lowest BCUT2D eigenvalue weighted by Crippen LogP contribution is -2.37. The van der Waals surface area contributed by atoms with Gasteiger partial charge >= 0.3 is 6.09 Å². The SMILES string of the molecule is CCN1C[C@H](OC(=O)Nc2c(F)cc(F)cc2F)C(F)(F)C1. The molecule has 1 fully saturated rings. The van der Waals surface area contributed by atoms with E-state index in [4.69, 9.17) is 0 Å². The quantitative estimate of drug-likeness (QED) is 0.869. The van der Waals surface area contributed by atoms with Crippen molar-refractivity contribution >= 4 is 11.8 Å². The molecule has 0 spiro atoms. The topological polar surface area (TPSA) is 41.6 Å². The highest BCUT2D eigenvalue weighted by Crippen LogP contribution is 2.30. The first-order chi connectivity index (χ1) is 10.2. The van der Waals surface area contributed by atoms with Crippen LogP contribution in [0.4, 0.5) is 32.4 Å². The van der Waals surface area contributed by atoms with Gasteiger partial charge in [0.15, 0.2) is 17.7 Å². The van der Waals surface area contributed by atoms with Crippen LogP contribution in [-0.4, -0.2) is 42.7 Å². The van der Waals surface area contributed by atoms with Gasteiger partial charge in [-0.3, -0.25) is 10.2 Å². The number of benzene rings is 1. The van der Waals surface area contributed by atoms with E-state index in [2.05, 4.69) is 4.74 Å².